The van der Waals surface area contributed by atoms with E-state index >= 15 is 0 Å². The number of ether oxygens (including phenoxy) is 2. The summed E-state index contributed by atoms with van der Waals surface area (Å²) >= 11 is 0. The maximum Gasteiger partial charge on any atom is 0.0724 e. The molecule has 0 bridgehead atoms. The highest BCUT2D eigenvalue weighted by Crippen LogP contribution is 2.11. The molecule has 0 fully saturated rings. The fourth-order valence-electron chi connectivity index (χ4n) is 1.59. The molecule has 0 N–H and O–H groups in total. The van der Waals surface area contributed by atoms with Crippen LogP contribution in [0.3, 0.4) is 0 Å². The van der Waals surface area contributed by atoms with Crippen LogP contribution in [0.15, 0.2) is 60.7 Å². The van der Waals surface area contributed by atoms with Crippen LogP contribution in [0.25, 0.3) is 0 Å². The minimum Gasteiger partial charge on any atom is -0.371 e. The lowest BCUT2D eigenvalue weighted by Gasteiger charge is -2.19. The molecule has 0 aliphatic heterocycles. The van der Waals surface area contributed by atoms with Crippen LogP contribution in [0.2, 0.25) is 0 Å². The zero-order valence-corrected chi connectivity index (χ0v) is 15.8. The molecule has 0 aliphatic rings. The third-order valence-electron chi connectivity index (χ3n) is 2.76. The molecule has 0 aliphatic carbocycles. The van der Waals surface area contributed by atoms with Gasteiger partial charge in [0.1, 0.15) is 0 Å². The van der Waals surface area contributed by atoms with Gasteiger partial charge in [0.2, 0.25) is 0 Å². The van der Waals surface area contributed by atoms with Gasteiger partial charge in [-0.2, -0.15) is 0 Å². The van der Waals surface area contributed by atoms with E-state index in [0.29, 0.717) is 12.2 Å². The van der Waals surface area contributed by atoms with Crippen LogP contribution in [0.5, 0.6) is 0 Å². The van der Waals surface area contributed by atoms with Gasteiger partial charge in [0.05, 0.1) is 27.1 Å². The molecule has 2 nitrogen and oxygen atoms in total. The van der Waals surface area contributed by atoms with Crippen molar-refractivity contribution in [1.29, 1.82) is 0 Å². The first kappa shape index (κ1) is 17.2. The number of benzene rings is 2. The Bertz CT molecular complexity index is 627. The van der Waals surface area contributed by atoms with Crippen LogP contribution in [0.4, 0.5) is 0 Å². The zero-order chi connectivity index (χ0) is 19.8. The third kappa shape index (κ3) is 11.0. The van der Waals surface area contributed by atoms with Gasteiger partial charge in [-0.05, 0) is 52.7 Å². The topological polar surface area (TPSA) is 18.5 Å². The number of hydrogen-bond acceptors (Lipinski definition) is 2. The lowest BCUT2D eigenvalue weighted by atomic mass is 10.2. The van der Waals surface area contributed by atoms with Crippen molar-refractivity contribution < 1.29 is 12.2 Å². The lowest BCUT2D eigenvalue weighted by Crippen LogP contribution is -2.18. The van der Waals surface area contributed by atoms with E-state index in [1.807, 2.05) is 45.0 Å². The summed E-state index contributed by atoms with van der Waals surface area (Å²) in [5, 5.41) is 0. The van der Waals surface area contributed by atoms with Gasteiger partial charge in [-0.15, -0.1) is 0 Å². The van der Waals surface area contributed by atoms with Crippen LogP contribution in [0.1, 0.15) is 55.4 Å². The maximum atomic E-state index is 7.77. The number of rotatable bonds is 4. The Labute approximate surface area is 150 Å². The average molecular weight is 331 g/mol. The second kappa shape index (κ2) is 9.61. The summed E-state index contributed by atoms with van der Waals surface area (Å²) in [5.74, 6) is 0. The van der Waals surface area contributed by atoms with E-state index in [4.69, 9.17) is 12.2 Å². The first-order valence-corrected chi connectivity index (χ1v) is 8.33. The van der Waals surface area contributed by atoms with Crippen LogP contribution in [-0.2, 0) is 22.6 Å². The van der Waals surface area contributed by atoms with Crippen LogP contribution in [0, 0.1) is 0 Å². The van der Waals surface area contributed by atoms with Crippen LogP contribution >= 0.6 is 0 Å². The van der Waals surface area contributed by atoms with Gasteiger partial charge in [-0.25, -0.2) is 0 Å². The fraction of sp³-hybridized carbons (Fsp3) is 0.455. The second-order valence-electron chi connectivity index (χ2n) is 7.57. The molecule has 24 heavy (non-hydrogen) atoms. The molecular weight excluding hydrogens is 296 g/mol. The summed E-state index contributed by atoms with van der Waals surface area (Å²) in [5.41, 5.74) is 1.25. The van der Waals surface area contributed by atoms with Crippen molar-refractivity contribution in [2.24, 2.45) is 0 Å². The maximum absolute atomic E-state index is 7.77. The summed E-state index contributed by atoms with van der Waals surface area (Å²) in [4.78, 5) is 0. The van der Waals surface area contributed by atoms with Crippen molar-refractivity contribution in [1.82, 2.24) is 0 Å². The SMILES string of the molecule is CC(C)(C)OCc1ccccc1.[2H]C([2H])(OC(C)(C)C)c1ccccc1. The second-order valence-corrected chi connectivity index (χ2v) is 7.57. The van der Waals surface area contributed by atoms with Gasteiger partial charge in [-0.3, -0.25) is 0 Å². The molecule has 2 aromatic rings. The minimum absolute atomic E-state index is 0.0458. The van der Waals surface area contributed by atoms with E-state index < -0.39 is 12.2 Å². The minimum atomic E-state index is -1.72. The van der Waals surface area contributed by atoms with Gasteiger partial charge in [0.15, 0.2) is 0 Å². The van der Waals surface area contributed by atoms with Crippen molar-refractivity contribution in [3.8, 4) is 0 Å². The predicted octanol–water partition coefficient (Wildman–Crippen LogP) is 6.00. The van der Waals surface area contributed by atoms with Crippen molar-refractivity contribution in [2.45, 2.75) is 65.9 Å². The van der Waals surface area contributed by atoms with Crippen molar-refractivity contribution in [3.05, 3.63) is 71.8 Å². The van der Waals surface area contributed by atoms with Crippen molar-refractivity contribution in [2.75, 3.05) is 0 Å². The van der Waals surface area contributed by atoms with Gasteiger partial charge in [-0.1, -0.05) is 60.7 Å². The molecule has 2 aromatic carbocycles. The molecule has 2 heteroatoms. The quantitative estimate of drug-likeness (QED) is 0.684. The molecule has 0 heterocycles. The van der Waals surface area contributed by atoms with Crippen molar-refractivity contribution >= 4 is 0 Å². The Morgan fingerprint density at radius 1 is 0.667 bits per heavy atom. The molecule has 0 unspecified atom stereocenters. The monoisotopic (exact) mass is 330 g/mol. The highest BCUT2D eigenvalue weighted by atomic mass is 16.5. The Kier molecular flexibility index (Phi) is 6.88. The van der Waals surface area contributed by atoms with E-state index in [0.717, 1.165) is 0 Å². The number of hydrogen-bond donors (Lipinski definition) is 0. The van der Waals surface area contributed by atoms with Gasteiger partial charge in [0.25, 0.3) is 0 Å². The van der Waals surface area contributed by atoms with E-state index in [9.17, 15) is 0 Å². The summed E-state index contributed by atoms with van der Waals surface area (Å²) in [6.07, 6.45) is 0. The summed E-state index contributed by atoms with van der Waals surface area (Å²) < 4.78 is 26.5. The molecule has 0 saturated heterocycles. The third-order valence-corrected chi connectivity index (χ3v) is 2.76. The molecule has 0 saturated carbocycles. The largest absolute Gasteiger partial charge is 0.371 e. The van der Waals surface area contributed by atoms with Crippen LogP contribution < -0.4 is 0 Å². The average Bonchev–Trinajstić information content (AvgIpc) is 2.53. The first-order chi connectivity index (χ1) is 11.9. The highest BCUT2D eigenvalue weighted by Gasteiger charge is 2.09. The Morgan fingerprint density at radius 2 is 1.08 bits per heavy atom. The summed E-state index contributed by atoms with van der Waals surface area (Å²) in [6.45, 7) is 10.7. The molecule has 0 amide bonds. The molecule has 0 spiro atoms. The van der Waals surface area contributed by atoms with Gasteiger partial charge in [0, 0.05) is 0 Å². The fourth-order valence-corrected chi connectivity index (χ4v) is 1.59. The van der Waals surface area contributed by atoms with Gasteiger partial charge < -0.3 is 9.47 Å². The summed E-state index contributed by atoms with van der Waals surface area (Å²) in [6, 6.07) is 19.1. The molecular formula is C22H32O2. The Hall–Kier alpha value is -1.64. The standard InChI is InChI=1S/2C11H16O/c2*1-11(2,3)12-9-10-7-5-4-6-8-10/h2*4-8H,9H2,1-3H3/i9D2;. The highest BCUT2D eigenvalue weighted by molar-refractivity contribution is 5.14. The first-order valence-electron chi connectivity index (χ1n) is 9.33. The van der Waals surface area contributed by atoms with Crippen LogP contribution in [-0.4, -0.2) is 11.2 Å². The van der Waals surface area contributed by atoms with E-state index in [2.05, 4.69) is 32.9 Å². The summed E-state index contributed by atoms with van der Waals surface area (Å²) in [7, 11) is 0. The predicted molar refractivity (Wildman–Crippen MR) is 102 cm³/mol. The zero-order valence-electron chi connectivity index (χ0n) is 17.8. The lowest BCUT2D eigenvalue weighted by molar-refractivity contribution is -0.0152. The van der Waals surface area contributed by atoms with E-state index in [1.54, 1.807) is 24.3 Å². The Morgan fingerprint density at radius 3 is 1.50 bits per heavy atom. The molecule has 0 atom stereocenters. The molecule has 0 aromatic heterocycles. The molecule has 132 valence electrons. The van der Waals surface area contributed by atoms with Crippen molar-refractivity contribution in [3.63, 3.8) is 0 Å². The van der Waals surface area contributed by atoms with E-state index in [-0.39, 0.29) is 5.60 Å². The smallest absolute Gasteiger partial charge is 0.0724 e. The van der Waals surface area contributed by atoms with E-state index in [1.165, 1.54) is 5.56 Å². The normalized spacial score (nSPS) is 13.4. The van der Waals surface area contributed by atoms with Gasteiger partial charge >= 0.3 is 0 Å². The molecule has 2 rings (SSSR count). The Balaban J connectivity index is 0.000000263. The molecule has 0 radical (unpaired) electrons.